The monoisotopic (exact) mass is 272 g/mol. The number of anilines is 2. The summed E-state index contributed by atoms with van der Waals surface area (Å²) in [4.78, 5) is 15.8. The molecular formula is C13H12N4OS. The fraction of sp³-hybridized carbons (Fsp3) is 0.154. The van der Waals surface area contributed by atoms with Crippen LogP contribution in [0.1, 0.15) is 27.7 Å². The quantitative estimate of drug-likeness (QED) is 0.834. The van der Waals surface area contributed by atoms with Crippen molar-refractivity contribution in [2.24, 2.45) is 0 Å². The molecule has 0 aliphatic heterocycles. The number of rotatable bonds is 4. The summed E-state index contributed by atoms with van der Waals surface area (Å²) in [5.74, 6) is -0.129. The van der Waals surface area contributed by atoms with E-state index in [1.165, 1.54) is 18.3 Å². The summed E-state index contributed by atoms with van der Waals surface area (Å²) >= 11 is 1.21. The van der Waals surface area contributed by atoms with Crippen molar-refractivity contribution < 1.29 is 4.79 Å². The van der Waals surface area contributed by atoms with E-state index in [2.05, 4.69) is 10.3 Å². The van der Waals surface area contributed by atoms with Crippen molar-refractivity contribution in [3.8, 4) is 6.07 Å². The smallest absolute Gasteiger partial charge is 0.171 e. The van der Waals surface area contributed by atoms with Crippen LogP contribution in [0.5, 0.6) is 0 Å². The molecule has 0 aliphatic rings. The Labute approximate surface area is 114 Å². The Morgan fingerprint density at radius 2 is 2.21 bits per heavy atom. The number of nitriles is 1. The molecule has 0 aliphatic carbocycles. The molecule has 0 unspecified atom stereocenters. The van der Waals surface area contributed by atoms with E-state index in [0.717, 1.165) is 5.56 Å². The van der Waals surface area contributed by atoms with Crippen LogP contribution in [-0.2, 0) is 6.54 Å². The molecule has 2 aromatic heterocycles. The number of nitrogens with one attached hydrogen (secondary N) is 1. The van der Waals surface area contributed by atoms with Crippen molar-refractivity contribution in [2.75, 3.05) is 11.1 Å². The first-order valence-electron chi connectivity index (χ1n) is 5.59. The van der Waals surface area contributed by atoms with E-state index in [0.29, 0.717) is 22.0 Å². The number of ketones is 1. The van der Waals surface area contributed by atoms with Gasteiger partial charge < -0.3 is 11.1 Å². The molecule has 2 heterocycles. The summed E-state index contributed by atoms with van der Waals surface area (Å²) in [6, 6.07) is 5.79. The van der Waals surface area contributed by atoms with Crippen LogP contribution in [-0.4, -0.2) is 10.8 Å². The molecule has 2 rings (SSSR count). The second-order valence-electron chi connectivity index (χ2n) is 3.93. The lowest BCUT2D eigenvalue weighted by molar-refractivity contribution is 0.102. The first-order chi connectivity index (χ1) is 9.13. The van der Waals surface area contributed by atoms with Crippen LogP contribution in [0.25, 0.3) is 0 Å². The predicted molar refractivity (Wildman–Crippen MR) is 75.0 cm³/mol. The van der Waals surface area contributed by atoms with E-state index >= 15 is 0 Å². The molecular weight excluding hydrogens is 260 g/mol. The first kappa shape index (κ1) is 13.1. The van der Waals surface area contributed by atoms with Crippen molar-refractivity contribution in [1.82, 2.24) is 4.98 Å². The van der Waals surface area contributed by atoms with Crippen LogP contribution in [0.3, 0.4) is 0 Å². The van der Waals surface area contributed by atoms with Gasteiger partial charge in [0.05, 0.1) is 10.6 Å². The number of hydrogen-bond donors (Lipinski definition) is 2. The third-order valence-corrected chi connectivity index (χ3v) is 3.84. The van der Waals surface area contributed by atoms with Crippen molar-refractivity contribution in [2.45, 2.75) is 13.5 Å². The Morgan fingerprint density at radius 3 is 2.79 bits per heavy atom. The summed E-state index contributed by atoms with van der Waals surface area (Å²) in [6.07, 6.45) is 3.40. The third kappa shape index (κ3) is 2.72. The first-order valence-corrected chi connectivity index (χ1v) is 6.41. The van der Waals surface area contributed by atoms with Gasteiger partial charge in [-0.1, -0.05) is 0 Å². The van der Waals surface area contributed by atoms with Gasteiger partial charge in [-0.25, -0.2) is 0 Å². The van der Waals surface area contributed by atoms with Crippen molar-refractivity contribution >= 4 is 27.8 Å². The highest BCUT2D eigenvalue weighted by Crippen LogP contribution is 2.35. The van der Waals surface area contributed by atoms with Gasteiger partial charge in [-0.15, -0.1) is 11.3 Å². The van der Waals surface area contributed by atoms with Gasteiger partial charge in [0, 0.05) is 25.9 Å². The lowest BCUT2D eigenvalue weighted by Gasteiger charge is -2.03. The minimum absolute atomic E-state index is 0.129. The largest absolute Gasteiger partial charge is 0.396 e. The number of carbonyl (C=O) groups is 1. The van der Waals surface area contributed by atoms with E-state index in [9.17, 15) is 4.79 Å². The van der Waals surface area contributed by atoms with Gasteiger partial charge in [0.2, 0.25) is 0 Å². The summed E-state index contributed by atoms with van der Waals surface area (Å²) in [7, 11) is 0. The summed E-state index contributed by atoms with van der Waals surface area (Å²) < 4.78 is 0. The second kappa shape index (κ2) is 5.50. The normalized spacial score (nSPS) is 9.89. The zero-order chi connectivity index (χ0) is 13.8. The number of nitrogen functional groups attached to an aromatic ring is 1. The molecule has 0 bridgehead atoms. The molecule has 0 atom stereocenters. The minimum Gasteiger partial charge on any atom is -0.396 e. The average Bonchev–Trinajstić information content (AvgIpc) is 2.74. The van der Waals surface area contributed by atoms with Crippen LogP contribution in [0.15, 0.2) is 24.5 Å². The zero-order valence-corrected chi connectivity index (χ0v) is 11.1. The lowest BCUT2D eigenvalue weighted by Crippen LogP contribution is -1.99. The molecule has 0 saturated heterocycles. The van der Waals surface area contributed by atoms with Gasteiger partial charge in [-0.2, -0.15) is 5.26 Å². The number of carbonyl (C=O) groups excluding carboxylic acids is 1. The number of nitrogens with zero attached hydrogens (tertiary/aromatic N) is 2. The van der Waals surface area contributed by atoms with Crippen LogP contribution in [0, 0.1) is 11.3 Å². The molecule has 0 fully saturated rings. The van der Waals surface area contributed by atoms with Gasteiger partial charge in [-0.3, -0.25) is 9.78 Å². The Hall–Kier alpha value is -2.39. The Balaban J connectivity index is 2.24. The van der Waals surface area contributed by atoms with E-state index in [1.54, 1.807) is 12.4 Å². The fourth-order valence-electron chi connectivity index (χ4n) is 1.62. The summed E-state index contributed by atoms with van der Waals surface area (Å²) in [5.41, 5.74) is 7.44. The van der Waals surface area contributed by atoms with E-state index in [4.69, 9.17) is 11.0 Å². The number of aromatic nitrogens is 1. The standard InChI is InChI=1S/C13H12N4OS/c1-8(18)12-11(15)10(6-14)13(19-12)17-7-9-2-4-16-5-3-9/h2-5,17H,7,15H2,1H3. The maximum absolute atomic E-state index is 11.4. The molecule has 0 spiro atoms. The number of thiophene rings is 1. The molecule has 96 valence electrons. The zero-order valence-electron chi connectivity index (χ0n) is 10.3. The second-order valence-corrected chi connectivity index (χ2v) is 4.95. The highest BCUT2D eigenvalue weighted by atomic mass is 32.1. The molecule has 19 heavy (non-hydrogen) atoms. The van der Waals surface area contributed by atoms with Crippen LogP contribution >= 0.6 is 11.3 Å². The minimum atomic E-state index is -0.129. The van der Waals surface area contributed by atoms with Gasteiger partial charge in [0.25, 0.3) is 0 Å². The Kier molecular flexibility index (Phi) is 3.78. The van der Waals surface area contributed by atoms with Gasteiger partial charge in [0.15, 0.2) is 5.78 Å². The van der Waals surface area contributed by atoms with Crippen molar-refractivity contribution in [3.05, 3.63) is 40.5 Å². The molecule has 5 nitrogen and oxygen atoms in total. The molecule has 0 saturated carbocycles. The van der Waals surface area contributed by atoms with Crippen molar-refractivity contribution in [3.63, 3.8) is 0 Å². The Bertz CT molecular complexity index is 643. The maximum atomic E-state index is 11.4. The SMILES string of the molecule is CC(=O)c1sc(NCc2ccncc2)c(C#N)c1N. The summed E-state index contributed by atoms with van der Waals surface area (Å²) in [6.45, 7) is 1.99. The molecule has 3 N–H and O–H groups in total. The van der Waals surface area contributed by atoms with E-state index < -0.39 is 0 Å². The lowest BCUT2D eigenvalue weighted by atomic mass is 10.2. The number of pyridine rings is 1. The highest BCUT2D eigenvalue weighted by Gasteiger charge is 2.18. The fourth-order valence-corrected chi connectivity index (χ4v) is 2.59. The molecule has 2 aromatic rings. The molecule has 0 radical (unpaired) electrons. The van der Waals surface area contributed by atoms with Crippen molar-refractivity contribution in [1.29, 1.82) is 5.26 Å². The van der Waals surface area contributed by atoms with Gasteiger partial charge >= 0.3 is 0 Å². The number of Topliss-reactive ketones (excluding diaryl/α,β-unsaturated/α-hetero) is 1. The van der Waals surface area contributed by atoms with Gasteiger partial charge in [-0.05, 0) is 17.7 Å². The number of nitrogens with two attached hydrogens (primary N) is 1. The average molecular weight is 272 g/mol. The molecule has 0 aromatic carbocycles. The maximum Gasteiger partial charge on any atom is 0.171 e. The number of hydrogen-bond acceptors (Lipinski definition) is 6. The molecule has 6 heteroatoms. The van der Waals surface area contributed by atoms with E-state index in [1.807, 2.05) is 18.2 Å². The van der Waals surface area contributed by atoms with E-state index in [-0.39, 0.29) is 11.5 Å². The highest BCUT2D eigenvalue weighted by molar-refractivity contribution is 7.18. The van der Waals surface area contributed by atoms with Crippen LogP contribution < -0.4 is 11.1 Å². The van der Waals surface area contributed by atoms with Crippen LogP contribution in [0.4, 0.5) is 10.7 Å². The molecule has 0 amide bonds. The Morgan fingerprint density at radius 1 is 1.53 bits per heavy atom. The van der Waals surface area contributed by atoms with Gasteiger partial charge in [0.1, 0.15) is 16.6 Å². The van der Waals surface area contributed by atoms with Crippen LogP contribution in [0.2, 0.25) is 0 Å². The topological polar surface area (TPSA) is 91.8 Å². The third-order valence-electron chi connectivity index (χ3n) is 2.58. The predicted octanol–water partition coefficient (Wildman–Crippen LogP) is 2.41. The summed E-state index contributed by atoms with van der Waals surface area (Å²) in [5, 5.41) is 12.9.